The molecule has 0 unspecified atom stereocenters. The van der Waals surface area contributed by atoms with Gasteiger partial charge >= 0.3 is 0 Å². The summed E-state index contributed by atoms with van der Waals surface area (Å²) < 4.78 is 6.14. The number of hydrogen-bond donors (Lipinski definition) is 0. The maximum absolute atomic E-state index is 12.1. The van der Waals surface area contributed by atoms with Gasteiger partial charge in [-0.2, -0.15) is 0 Å². The molecule has 0 fully saturated rings. The SMILES string of the molecule is COc1cc(C(=O)CSc2ccc(Br)cc2)ccc1Cl. The molecule has 2 rings (SSSR count). The van der Waals surface area contributed by atoms with Crippen LogP contribution in [0, 0.1) is 0 Å². The third-order valence-corrected chi connectivity index (χ3v) is 4.51. The fourth-order valence-corrected chi connectivity index (χ4v) is 2.85. The Morgan fingerprint density at radius 1 is 1.25 bits per heavy atom. The first-order valence-corrected chi connectivity index (χ1v) is 8.01. The quantitative estimate of drug-likeness (QED) is 0.541. The van der Waals surface area contributed by atoms with Gasteiger partial charge in [-0.25, -0.2) is 0 Å². The zero-order valence-electron chi connectivity index (χ0n) is 10.7. The maximum Gasteiger partial charge on any atom is 0.173 e. The van der Waals surface area contributed by atoms with Crippen molar-refractivity contribution in [1.82, 2.24) is 0 Å². The van der Waals surface area contributed by atoms with Crippen molar-refractivity contribution >= 4 is 45.1 Å². The molecule has 0 atom stereocenters. The Kier molecular flexibility index (Phi) is 5.52. The molecule has 0 saturated carbocycles. The predicted octanol–water partition coefficient (Wildman–Crippen LogP) is 5.09. The molecule has 104 valence electrons. The van der Waals surface area contributed by atoms with Gasteiger partial charge < -0.3 is 4.74 Å². The molecule has 2 aromatic rings. The Morgan fingerprint density at radius 3 is 2.60 bits per heavy atom. The average Bonchev–Trinajstić information content (AvgIpc) is 2.47. The van der Waals surface area contributed by atoms with Crippen LogP contribution < -0.4 is 4.74 Å². The number of carbonyl (C=O) groups excluding carboxylic acids is 1. The van der Waals surface area contributed by atoms with Gasteiger partial charge in [0.05, 0.1) is 17.9 Å². The number of halogens is 2. The number of rotatable bonds is 5. The summed E-state index contributed by atoms with van der Waals surface area (Å²) in [7, 11) is 1.53. The minimum absolute atomic E-state index is 0.0490. The van der Waals surface area contributed by atoms with Crippen LogP contribution in [0.3, 0.4) is 0 Å². The van der Waals surface area contributed by atoms with Crippen LogP contribution in [0.25, 0.3) is 0 Å². The summed E-state index contributed by atoms with van der Waals surface area (Å²) in [6, 6.07) is 12.9. The van der Waals surface area contributed by atoms with E-state index in [4.69, 9.17) is 16.3 Å². The molecule has 2 aromatic carbocycles. The van der Waals surface area contributed by atoms with E-state index in [1.807, 2.05) is 24.3 Å². The molecule has 0 saturated heterocycles. The minimum Gasteiger partial charge on any atom is -0.495 e. The van der Waals surface area contributed by atoms with Crippen molar-refractivity contribution in [2.45, 2.75) is 4.90 Å². The summed E-state index contributed by atoms with van der Waals surface area (Å²) in [6.45, 7) is 0. The first-order chi connectivity index (χ1) is 9.60. The van der Waals surface area contributed by atoms with Crippen molar-refractivity contribution in [3.05, 3.63) is 57.5 Å². The predicted molar refractivity (Wildman–Crippen MR) is 87.2 cm³/mol. The van der Waals surface area contributed by atoms with Gasteiger partial charge in [-0.3, -0.25) is 4.79 Å². The highest BCUT2D eigenvalue weighted by atomic mass is 79.9. The van der Waals surface area contributed by atoms with Gasteiger partial charge in [0, 0.05) is 14.9 Å². The number of benzene rings is 2. The lowest BCUT2D eigenvalue weighted by Gasteiger charge is -2.06. The molecule has 0 aliphatic heterocycles. The molecule has 0 bridgehead atoms. The van der Waals surface area contributed by atoms with Crippen molar-refractivity contribution in [2.24, 2.45) is 0 Å². The Bertz CT molecular complexity index is 614. The highest BCUT2D eigenvalue weighted by molar-refractivity contribution is 9.10. The largest absolute Gasteiger partial charge is 0.495 e. The standard InChI is InChI=1S/C15H12BrClO2S/c1-19-15-8-10(2-7-13(15)17)14(18)9-20-12-5-3-11(16)4-6-12/h2-8H,9H2,1H3. The van der Waals surface area contributed by atoms with E-state index in [0.717, 1.165) is 9.37 Å². The van der Waals surface area contributed by atoms with Gasteiger partial charge in [0.2, 0.25) is 0 Å². The van der Waals surface area contributed by atoms with Gasteiger partial charge in [0.25, 0.3) is 0 Å². The highest BCUT2D eigenvalue weighted by Crippen LogP contribution is 2.27. The van der Waals surface area contributed by atoms with E-state index < -0.39 is 0 Å². The molecule has 0 aromatic heterocycles. The van der Waals surface area contributed by atoms with E-state index in [-0.39, 0.29) is 5.78 Å². The fraction of sp³-hybridized carbons (Fsp3) is 0.133. The van der Waals surface area contributed by atoms with Gasteiger partial charge in [0.1, 0.15) is 5.75 Å². The monoisotopic (exact) mass is 370 g/mol. The molecule has 0 spiro atoms. The van der Waals surface area contributed by atoms with Crippen molar-refractivity contribution in [3.63, 3.8) is 0 Å². The second kappa shape index (κ2) is 7.16. The third kappa shape index (κ3) is 4.01. The van der Waals surface area contributed by atoms with E-state index in [9.17, 15) is 4.79 Å². The summed E-state index contributed by atoms with van der Waals surface area (Å²) in [4.78, 5) is 13.2. The summed E-state index contributed by atoms with van der Waals surface area (Å²) in [5.74, 6) is 0.950. The number of methoxy groups -OCH3 is 1. The first kappa shape index (κ1) is 15.4. The van der Waals surface area contributed by atoms with E-state index in [1.165, 1.54) is 18.9 Å². The van der Waals surface area contributed by atoms with Crippen molar-refractivity contribution in [1.29, 1.82) is 0 Å². The molecule has 20 heavy (non-hydrogen) atoms. The molecule has 0 radical (unpaired) electrons. The van der Waals surface area contributed by atoms with Crippen molar-refractivity contribution in [3.8, 4) is 5.75 Å². The lowest BCUT2D eigenvalue weighted by Crippen LogP contribution is -2.02. The van der Waals surface area contributed by atoms with E-state index in [1.54, 1.807) is 18.2 Å². The van der Waals surface area contributed by atoms with Gasteiger partial charge in [-0.05, 0) is 42.5 Å². The molecular weight excluding hydrogens is 360 g/mol. The number of carbonyl (C=O) groups is 1. The fourth-order valence-electron chi connectivity index (χ4n) is 1.60. The number of Topliss-reactive ketones (excluding diaryl/α,β-unsaturated/α-hetero) is 1. The van der Waals surface area contributed by atoms with Crippen LogP contribution in [-0.2, 0) is 0 Å². The smallest absolute Gasteiger partial charge is 0.173 e. The van der Waals surface area contributed by atoms with E-state index >= 15 is 0 Å². The van der Waals surface area contributed by atoms with Crippen LogP contribution in [0.15, 0.2) is 51.8 Å². The van der Waals surface area contributed by atoms with Crippen LogP contribution in [0.4, 0.5) is 0 Å². The summed E-state index contributed by atoms with van der Waals surface area (Å²) in [5.41, 5.74) is 0.607. The molecule has 0 heterocycles. The second-order valence-electron chi connectivity index (χ2n) is 4.02. The maximum atomic E-state index is 12.1. The van der Waals surface area contributed by atoms with Crippen LogP contribution >= 0.6 is 39.3 Å². The number of thioether (sulfide) groups is 1. The normalized spacial score (nSPS) is 10.3. The molecule has 2 nitrogen and oxygen atoms in total. The zero-order chi connectivity index (χ0) is 14.5. The molecular formula is C15H12BrClO2S. The second-order valence-corrected chi connectivity index (χ2v) is 6.39. The van der Waals surface area contributed by atoms with Crippen molar-refractivity contribution in [2.75, 3.05) is 12.9 Å². The Hall–Kier alpha value is -0.970. The van der Waals surface area contributed by atoms with Gasteiger partial charge in [-0.15, -0.1) is 11.8 Å². The zero-order valence-corrected chi connectivity index (χ0v) is 13.9. The topological polar surface area (TPSA) is 26.3 Å². The number of ether oxygens (including phenoxy) is 1. The molecule has 0 N–H and O–H groups in total. The molecule has 5 heteroatoms. The summed E-state index contributed by atoms with van der Waals surface area (Å²) in [6.07, 6.45) is 0. The Labute approximate surface area is 135 Å². The van der Waals surface area contributed by atoms with Crippen LogP contribution in [0.2, 0.25) is 5.02 Å². The van der Waals surface area contributed by atoms with Crippen molar-refractivity contribution < 1.29 is 9.53 Å². The first-order valence-electron chi connectivity index (χ1n) is 5.85. The minimum atomic E-state index is 0.0490. The molecule has 0 amide bonds. The lowest BCUT2D eigenvalue weighted by molar-refractivity contribution is 0.102. The Balaban J connectivity index is 2.03. The third-order valence-electron chi connectivity index (χ3n) is 2.66. The van der Waals surface area contributed by atoms with Gasteiger partial charge in [-0.1, -0.05) is 27.5 Å². The Morgan fingerprint density at radius 2 is 1.95 bits per heavy atom. The molecule has 0 aliphatic rings. The van der Waals surface area contributed by atoms with E-state index in [2.05, 4.69) is 15.9 Å². The summed E-state index contributed by atoms with van der Waals surface area (Å²) in [5, 5.41) is 0.504. The summed E-state index contributed by atoms with van der Waals surface area (Å²) >= 11 is 10.8. The van der Waals surface area contributed by atoms with Gasteiger partial charge in [0.15, 0.2) is 5.78 Å². The van der Waals surface area contributed by atoms with E-state index in [0.29, 0.717) is 22.1 Å². The number of hydrogen-bond acceptors (Lipinski definition) is 3. The van der Waals surface area contributed by atoms with Crippen LogP contribution in [0.5, 0.6) is 5.75 Å². The lowest BCUT2D eigenvalue weighted by atomic mass is 10.1. The number of ketones is 1. The van der Waals surface area contributed by atoms with Crippen LogP contribution in [0.1, 0.15) is 10.4 Å². The highest BCUT2D eigenvalue weighted by Gasteiger charge is 2.10. The molecule has 0 aliphatic carbocycles. The average molecular weight is 372 g/mol. The van der Waals surface area contributed by atoms with Crippen LogP contribution in [-0.4, -0.2) is 18.6 Å².